The van der Waals surface area contributed by atoms with Gasteiger partial charge in [-0.25, -0.2) is 4.98 Å². The molecule has 0 aliphatic heterocycles. The molecule has 0 atom stereocenters. The Kier molecular flexibility index (Phi) is 7.25. The van der Waals surface area contributed by atoms with Crippen LogP contribution in [0.4, 0.5) is 0 Å². The lowest BCUT2D eigenvalue weighted by Gasteiger charge is -2.04. The number of carbonyl (C=O) groups is 1. The number of nitrogens with zero attached hydrogens (tertiary/aromatic N) is 1. The van der Waals surface area contributed by atoms with Gasteiger partial charge in [-0.2, -0.15) is 0 Å². The topological polar surface area (TPSA) is 62.8 Å². The van der Waals surface area contributed by atoms with Crippen molar-refractivity contribution in [3.05, 3.63) is 57.5 Å². The molecular formula is C19H24N2O2S. The zero-order chi connectivity index (χ0) is 17.4. The molecular weight excluding hydrogens is 320 g/mol. The van der Waals surface area contributed by atoms with Gasteiger partial charge in [0.05, 0.1) is 0 Å². The van der Waals surface area contributed by atoms with Gasteiger partial charge >= 0.3 is 0 Å². The monoisotopic (exact) mass is 344 g/mol. The molecule has 0 aliphatic carbocycles. The lowest BCUT2D eigenvalue weighted by atomic mass is 10.0. The second-order valence-corrected chi connectivity index (χ2v) is 7.03. The highest BCUT2D eigenvalue weighted by atomic mass is 32.2. The van der Waals surface area contributed by atoms with E-state index in [1.54, 1.807) is 6.07 Å². The molecule has 1 N–H and O–H groups in total. The molecule has 24 heavy (non-hydrogen) atoms. The summed E-state index contributed by atoms with van der Waals surface area (Å²) in [7, 11) is 0. The van der Waals surface area contributed by atoms with Gasteiger partial charge < -0.3 is 4.98 Å². The molecule has 0 bridgehead atoms. The van der Waals surface area contributed by atoms with Crippen molar-refractivity contribution < 1.29 is 4.79 Å². The number of nitrogens with one attached hydrogen (secondary N) is 1. The molecule has 1 aromatic heterocycles. The molecule has 0 radical (unpaired) electrons. The van der Waals surface area contributed by atoms with Crippen molar-refractivity contribution in [2.45, 2.75) is 51.1 Å². The highest BCUT2D eigenvalue weighted by Gasteiger charge is 2.06. The molecule has 0 fully saturated rings. The summed E-state index contributed by atoms with van der Waals surface area (Å²) in [6, 6.07) is 9.64. The van der Waals surface area contributed by atoms with Gasteiger partial charge in [-0.1, -0.05) is 54.9 Å². The Balaban J connectivity index is 1.75. The summed E-state index contributed by atoms with van der Waals surface area (Å²) >= 11 is 1.51. The third kappa shape index (κ3) is 6.32. The van der Waals surface area contributed by atoms with Gasteiger partial charge in [0.1, 0.15) is 5.78 Å². The van der Waals surface area contributed by atoms with E-state index in [4.69, 9.17) is 0 Å². The minimum Gasteiger partial charge on any atom is -0.301 e. The van der Waals surface area contributed by atoms with Crippen LogP contribution in [0.15, 0.2) is 40.3 Å². The highest BCUT2D eigenvalue weighted by molar-refractivity contribution is 7.99. The largest absolute Gasteiger partial charge is 0.301 e. The van der Waals surface area contributed by atoms with Crippen LogP contribution in [0.3, 0.4) is 0 Å². The molecule has 1 heterocycles. The zero-order valence-electron chi connectivity index (χ0n) is 14.3. The van der Waals surface area contributed by atoms with Crippen LogP contribution in [0.2, 0.25) is 0 Å². The van der Waals surface area contributed by atoms with Gasteiger partial charge in [0.2, 0.25) is 0 Å². The molecule has 0 saturated heterocycles. The second-order valence-electron chi connectivity index (χ2n) is 5.94. The number of aryl methyl sites for hydroxylation is 2. The molecule has 0 spiro atoms. The van der Waals surface area contributed by atoms with Crippen molar-refractivity contribution in [3.63, 3.8) is 0 Å². The van der Waals surface area contributed by atoms with Crippen LogP contribution in [0.25, 0.3) is 0 Å². The summed E-state index contributed by atoms with van der Waals surface area (Å²) in [4.78, 5) is 30.8. The molecule has 0 aliphatic rings. The third-order valence-electron chi connectivity index (χ3n) is 3.64. The van der Waals surface area contributed by atoms with Crippen LogP contribution in [0.1, 0.15) is 43.0 Å². The van der Waals surface area contributed by atoms with E-state index < -0.39 is 0 Å². The standard InChI is InChI=1S/C19H24N2O2S/c1-3-5-16-13-18(23)21-19(20-16)24-11-4-6-17(22)12-15-9-7-14(2)8-10-15/h7-10,13H,3-6,11-12H2,1-2H3,(H,20,21,23). The Bertz CT molecular complexity index is 723. The lowest BCUT2D eigenvalue weighted by Crippen LogP contribution is -2.10. The third-order valence-corrected chi connectivity index (χ3v) is 4.60. The minimum atomic E-state index is -0.105. The first kappa shape index (κ1) is 18.5. The summed E-state index contributed by atoms with van der Waals surface area (Å²) in [6.07, 6.45) is 3.61. The van der Waals surface area contributed by atoms with Crippen molar-refractivity contribution in [1.82, 2.24) is 9.97 Å². The minimum absolute atomic E-state index is 0.105. The molecule has 2 rings (SSSR count). The van der Waals surface area contributed by atoms with E-state index in [9.17, 15) is 9.59 Å². The fourth-order valence-corrected chi connectivity index (χ4v) is 3.23. The van der Waals surface area contributed by atoms with Crippen LogP contribution in [-0.2, 0) is 17.6 Å². The number of hydrogen-bond acceptors (Lipinski definition) is 4. The Labute approximate surface area is 147 Å². The maximum absolute atomic E-state index is 12.0. The van der Waals surface area contributed by atoms with Gasteiger partial charge in [0, 0.05) is 30.4 Å². The first-order chi connectivity index (χ1) is 11.6. The number of rotatable bonds is 9. The Morgan fingerprint density at radius 1 is 1.25 bits per heavy atom. The summed E-state index contributed by atoms with van der Waals surface area (Å²) in [5, 5.41) is 0.650. The second kappa shape index (κ2) is 9.42. The van der Waals surface area contributed by atoms with E-state index in [1.165, 1.54) is 17.3 Å². The molecule has 1 aromatic carbocycles. The van der Waals surface area contributed by atoms with Crippen LogP contribution in [0, 0.1) is 6.92 Å². The van der Waals surface area contributed by atoms with Crippen molar-refractivity contribution in [1.29, 1.82) is 0 Å². The average molecular weight is 344 g/mol. The van der Waals surface area contributed by atoms with Crippen LogP contribution >= 0.6 is 11.8 Å². The SMILES string of the molecule is CCCc1cc(=O)[nH]c(SCCCC(=O)Cc2ccc(C)cc2)n1. The molecule has 128 valence electrons. The summed E-state index contributed by atoms with van der Waals surface area (Å²) < 4.78 is 0. The zero-order valence-corrected chi connectivity index (χ0v) is 15.1. The van der Waals surface area contributed by atoms with E-state index in [1.807, 2.05) is 31.2 Å². The summed E-state index contributed by atoms with van der Waals surface area (Å²) in [5.41, 5.74) is 3.00. The lowest BCUT2D eigenvalue weighted by molar-refractivity contribution is -0.118. The number of thioether (sulfide) groups is 1. The Morgan fingerprint density at radius 3 is 2.71 bits per heavy atom. The van der Waals surface area contributed by atoms with Gasteiger partial charge in [0.15, 0.2) is 5.16 Å². The van der Waals surface area contributed by atoms with Crippen LogP contribution in [0.5, 0.6) is 0 Å². The molecule has 0 saturated carbocycles. The summed E-state index contributed by atoms with van der Waals surface area (Å²) in [5.74, 6) is 1.03. The van der Waals surface area contributed by atoms with Gasteiger partial charge in [-0.15, -0.1) is 0 Å². The Hall–Kier alpha value is -1.88. The average Bonchev–Trinajstić information content (AvgIpc) is 2.54. The van der Waals surface area contributed by atoms with Crippen molar-refractivity contribution >= 4 is 17.5 Å². The molecule has 0 amide bonds. The van der Waals surface area contributed by atoms with Crippen LogP contribution < -0.4 is 5.56 Å². The number of hydrogen-bond donors (Lipinski definition) is 1. The fourth-order valence-electron chi connectivity index (χ4n) is 2.40. The van der Waals surface area contributed by atoms with E-state index in [-0.39, 0.29) is 11.3 Å². The van der Waals surface area contributed by atoms with Crippen molar-refractivity contribution in [2.24, 2.45) is 0 Å². The van der Waals surface area contributed by atoms with Crippen LogP contribution in [-0.4, -0.2) is 21.5 Å². The van der Waals surface area contributed by atoms with E-state index in [0.29, 0.717) is 18.0 Å². The first-order valence-corrected chi connectivity index (χ1v) is 9.35. The molecule has 4 nitrogen and oxygen atoms in total. The normalized spacial score (nSPS) is 10.8. The Morgan fingerprint density at radius 2 is 2.00 bits per heavy atom. The van der Waals surface area contributed by atoms with Gasteiger partial charge in [0.25, 0.3) is 5.56 Å². The van der Waals surface area contributed by atoms with E-state index in [2.05, 4.69) is 16.9 Å². The quantitative estimate of drug-likeness (QED) is 0.428. The number of aromatic nitrogens is 2. The number of Topliss-reactive ketones (excluding diaryl/α,β-unsaturated/α-hetero) is 1. The smallest absolute Gasteiger partial charge is 0.251 e. The first-order valence-electron chi connectivity index (χ1n) is 8.37. The predicted molar refractivity (Wildman–Crippen MR) is 98.7 cm³/mol. The molecule has 2 aromatic rings. The van der Waals surface area contributed by atoms with Crippen molar-refractivity contribution in [3.8, 4) is 0 Å². The van der Waals surface area contributed by atoms with E-state index >= 15 is 0 Å². The molecule has 0 unspecified atom stereocenters. The summed E-state index contributed by atoms with van der Waals surface area (Å²) in [6.45, 7) is 4.10. The number of ketones is 1. The van der Waals surface area contributed by atoms with E-state index in [0.717, 1.165) is 36.3 Å². The van der Waals surface area contributed by atoms with Gasteiger partial charge in [-0.3, -0.25) is 9.59 Å². The number of benzene rings is 1. The molecule has 5 heteroatoms. The fraction of sp³-hybridized carbons (Fsp3) is 0.421. The maximum atomic E-state index is 12.0. The number of carbonyl (C=O) groups excluding carboxylic acids is 1. The van der Waals surface area contributed by atoms with Gasteiger partial charge in [-0.05, 0) is 25.3 Å². The predicted octanol–water partition coefficient (Wildman–Crippen LogP) is 3.71. The highest BCUT2D eigenvalue weighted by Crippen LogP contribution is 2.15. The number of H-pyrrole nitrogens is 1. The number of aromatic amines is 1. The maximum Gasteiger partial charge on any atom is 0.251 e. The van der Waals surface area contributed by atoms with Crippen molar-refractivity contribution in [2.75, 3.05) is 5.75 Å².